The first kappa shape index (κ1) is 27.2. The fourth-order valence-electron chi connectivity index (χ4n) is 5.91. The van der Waals surface area contributed by atoms with Crippen LogP contribution in [-0.2, 0) is 9.31 Å². The molecule has 192 valence electrons. The molecule has 1 saturated carbocycles. The maximum absolute atomic E-state index is 6.54. The molecular weight excluding hydrogens is 494 g/mol. The molecular formula is C31H47BO2Se. The van der Waals surface area contributed by atoms with Crippen LogP contribution < -0.4 is 4.46 Å². The van der Waals surface area contributed by atoms with Gasteiger partial charge in [-0.05, 0) is 27.7 Å². The Labute approximate surface area is 221 Å². The van der Waals surface area contributed by atoms with E-state index in [2.05, 4.69) is 70.2 Å². The summed E-state index contributed by atoms with van der Waals surface area (Å²) in [5.74, 6) is 1.36. The fourth-order valence-corrected chi connectivity index (χ4v) is 8.19. The number of hydrogen-bond acceptors (Lipinski definition) is 2. The normalized spacial score (nSPS) is 21.0. The molecule has 2 nitrogen and oxygen atoms in total. The Balaban J connectivity index is 1.15. The minimum absolute atomic E-state index is 0.0144. The minimum atomic E-state index is -0.210. The van der Waals surface area contributed by atoms with Gasteiger partial charge in [0.25, 0.3) is 0 Å². The predicted octanol–water partition coefficient (Wildman–Crippen LogP) is 8.36. The van der Waals surface area contributed by atoms with Gasteiger partial charge in [0.1, 0.15) is 0 Å². The Bertz CT molecular complexity index is 900. The Morgan fingerprint density at radius 2 is 1.43 bits per heavy atom. The molecule has 1 heterocycles. The Kier molecular flexibility index (Phi) is 9.84. The van der Waals surface area contributed by atoms with E-state index in [1.807, 2.05) is 0 Å². The van der Waals surface area contributed by atoms with Crippen molar-refractivity contribution in [2.75, 3.05) is 0 Å². The number of rotatable bonds is 12. The van der Waals surface area contributed by atoms with E-state index in [1.54, 1.807) is 4.46 Å². The van der Waals surface area contributed by atoms with Gasteiger partial charge in [0.15, 0.2) is 0 Å². The standard InChI is InChI=1S/C31H47BO2Se/c1-30(2)31(3,4)34-32(33-30)28(26-18-10-9-11-19-26)22-12-7-5-6-8-15-24-35-29-23-16-20-25-17-13-14-21-27(25)29/h13-14,16-17,20-21,23,26,28H,5-12,15,18-19,22,24H2,1-4H3. The number of unbranched alkanes of at least 4 members (excludes halogenated alkanes) is 5. The SMILES string of the molecule is CC1(C)OB(C(CCCCCCCC[Se]c2cccc3ccccc23)C2CCCCC2)OC1(C)C. The van der Waals surface area contributed by atoms with Crippen molar-refractivity contribution in [1.29, 1.82) is 0 Å². The van der Waals surface area contributed by atoms with E-state index in [0.717, 1.165) is 5.92 Å². The molecule has 1 unspecified atom stereocenters. The molecule has 0 amide bonds. The monoisotopic (exact) mass is 542 g/mol. The van der Waals surface area contributed by atoms with Crippen molar-refractivity contribution < 1.29 is 9.31 Å². The molecule has 0 aromatic heterocycles. The molecule has 0 bridgehead atoms. The molecule has 4 heteroatoms. The first-order chi connectivity index (χ1) is 16.9. The molecule has 2 aromatic rings. The summed E-state index contributed by atoms with van der Waals surface area (Å²) in [7, 11) is -0.0144. The van der Waals surface area contributed by atoms with Crippen molar-refractivity contribution >= 4 is 37.3 Å². The molecule has 0 N–H and O–H groups in total. The van der Waals surface area contributed by atoms with Gasteiger partial charge in [-0.15, -0.1) is 0 Å². The third-order valence-electron chi connectivity index (χ3n) is 8.82. The second-order valence-corrected chi connectivity index (χ2v) is 14.3. The van der Waals surface area contributed by atoms with Gasteiger partial charge in [0.2, 0.25) is 0 Å². The van der Waals surface area contributed by atoms with E-state index in [-0.39, 0.29) is 18.3 Å². The average Bonchev–Trinajstić information content (AvgIpc) is 3.07. The number of fused-ring (bicyclic) bond motifs is 1. The summed E-state index contributed by atoms with van der Waals surface area (Å²) >= 11 is 0.594. The van der Waals surface area contributed by atoms with Crippen LogP contribution in [0.1, 0.15) is 105 Å². The van der Waals surface area contributed by atoms with Gasteiger partial charge in [-0.2, -0.15) is 0 Å². The van der Waals surface area contributed by atoms with Gasteiger partial charge in [0, 0.05) is 0 Å². The van der Waals surface area contributed by atoms with Gasteiger partial charge >= 0.3 is 188 Å². The van der Waals surface area contributed by atoms with Crippen LogP contribution in [0.15, 0.2) is 42.5 Å². The van der Waals surface area contributed by atoms with Crippen molar-refractivity contribution in [3.63, 3.8) is 0 Å². The van der Waals surface area contributed by atoms with Crippen LogP contribution >= 0.6 is 0 Å². The zero-order valence-corrected chi connectivity index (χ0v) is 24.4. The van der Waals surface area contributed by atoms with Gasteiger partial charge in [-0.3, -0.25) is 0 Å². The molecule has 1 aliphatic carbocycles. The fraction of sp³-hybridized carbons (Fsp3) is 0.677. The molecule has 1 aliphatic heterocycles. The topological polar surface area (TPSA) is 18.5 Å². The first-order valence-corrected chi connectivity index (χ1v) is 16.4. The van der Waals surface area contributed by atoms with Crippen molar-refractivity contribution in [3.8, 4) is 0 Å². The van der Waals surface area contributed by atoms with Gasteiger partial charge in [0.05, 0.1) is 0 Å². The van der Waals surface area contributed by atoms with Crippen molar-refractivity contribution in [1.82, 2.24) is 0 Å². The average molecular weight is 541 g/mol. The molecule has 1 atom stereocenters. The summed E-state index contributed by atoms with van der Waals surface area (Å²) in [5.41, 5.74) is -0.420. The molecule has 2 fully saturated rings. The van der Waals surface area contributed by atoms with Crippen LogP contribution in [0.5, 0.6) is 0 Å². The number of benzene rings is 2. The van der Waals surface area contributed by atoms with Crippen LogP contribution in [0, 0.1) is 5.92 Å². The minimum Gasteiger partial charge on any atom is -0.0348 e. The predicted molar refractivity (Wildman–Crippen MR) is 153 cm³/mol. The van der Waals surface area contributed by atoms with E-state index in [0.29, 0.717) is 20.8 Å². The second-order valence-electron chi connectivity index (χ2n) is 11.9. The van der Waals surface area contributed by atoms with Gasteiger partial charge in [-0.25, -0.2) is 0 Å². The van der Waals surface area contributed by atoms with Crippen LogP contribution in [0.4, 0.5) is 0 Å². The summed E-state index contributed by atoms with van der Waals surface area (Å²) in [5, 5.41) is 4.22. The Morgan fingerprint density at radius 1 is 0.800 bits per heavy atom. The second kappa shape index (κ2) is 12.6. The van der Waals surface area contributed by atoms with Crippen molar-refractivity contribution in [2.45, 2.75) is 127 Å². The summed E-state index contributed by atoms with van der Waals surface area (Å²) < 4.78 is 14.7. The van der Waals surface area contributed by atoms with Crippen LogP contribution in [-0.4, -0.2) is 33.3 Å². The molecule has 2 aromatic carbocycles. The zero-order valence-electron chi connectivity index (χ0n) is 22.7. The summed E-state index contributed by atoms with van der Waals surface area (Å²) in [6, 6.07) is 15.6. The smallest absolute Gasteiger partial charge is 0.0348 e. The van der Waals surface area contributed by atoms with Crippen molar-refractivity contribution in [2.24, 2.45) is 5.92 Å². The van der Waals surface area contributed by atoms with E-state index in [1.165, 1.54) is 93.1 Å². The third kappa shape index (κ3) is 7.16. The van der Waals surface area contributed by atoms with E-state index in [4.69, 9.17) is 9.31 Å². The number of hydrogen-bond donors (Lipinski definition) is 0. The Hall–Kier alpha value is -0.796. The zero-order chi connectivity index (χ0) is 24.7. The van der Waals surface area contributed by atoms with E-state index >= 15 is 0 Å². The molecule has 35 heavy (non-hydrogen) atoms. The molecule has 1 saturated heterocycles. The molecule has 0 radical (unpaired) electrons. The summed E-state index contributed by atoms with van der Waals surface area (Å²) in [4.78, 5) is 0. The first-order valence-electron chi connectivity index (χ1n) is 14.3. The quantitative estimate of drug-likeness (QED) is 0.199. The molecule has 4 rings (SSSR count). The van der Waals surface area contributed by atoms with Gasteiger partial charge < -0.3 is 0 Å². The summed E-state index contributed by atoms with van der Waals surface area (Å²) in [6.07, 6.45) is 16.4. The molecule has 2 aliphatic rings. The maximum atomic E-state index is 6.54. The van der Waals surface area contributed by atoms with Crippen LogP contribution in [0.2, 0.25) is 11.1 Å². The van der Waals surface area contributed by atoms with Crippen LogP contribution in [0.25, 0.3) is 10.8 Å². The van der Waals surface area contributed by atoms with Gasteiger partial charge in [-0.1, -0.05) is 6.42 Å². The Morgan fingerprint density at radius 3 is 2.17 bits per heavy atom. The summed E-state index contributed by atoms with van der Waals surface area (Å²) in [6.45, 7) is 8.80. The van der Waals surface area contributed by atoms with Crippen molar-refractivity contribution in [3.05, 3.63) is 42.5 Å². The van der Waals surface area contributed by atoms with E-state index in [9.17, 15) is 0 Å². The van der Waals surface area contributed by atoms with Crippen LogP contribution in [0.3, 0.4) is 0 Å². The van der Waals surface area contributed by atoms with E-state index < -0.39 is 0 Å². The third-order valence-corrected chi connectivity index (χ3v) is 11.2. The molecule has 0 spiro atoms.